The Morgan fingerprint density at radius 1 is 0.371 bits per heavy atom. The summed E-state index contributed by atoms with van der Waals surface area (Å²) in [7, 11) is 0. The third-order valence-corrected chi connectivity index (χ3v) is 13.9. The molecule has 0 N–H and O–H groups in total. The van der Waals surface area contributed by atoms with Gasteiger partial charge in [0.25, 0.3) is 6.71 Å². The summed E-state index contributed by atoms with van der Waals surface area (Å²) < 4.78 is 50.4. The quantitative estimate of drug-likeness (QED) is 0.148. The molecule has 2 aliphatic heterocycles. The Bertz CT molecular complexity index is 3080. The van der Waals surface area contributed by atoms with Gasteiger partial charge in [-0.2, -0.15) is 0 Å². The van der Waals surface area contributed by atoms with E-state index in [4.69, 9.17) is 4.74 Å². The first-order valence-corrected chi connectivity index (χ1v) is 23.9. The molecular formula is C63H52BF3N2O. The normalized spacial score (nSPS) is 13.1. The molecule has 0 saturated carbocycles. The number of benzene rings is 9. The van der Waals surface area contributed by atoms with E-state index in [1.165, 1.54) is 0 Å². The second kappa shape index (κ2) is 17.0. The molecule has 0 amide bonds. The van der Waals surface area contributed by atoms with Crippen LogP contribution in [0.1, 0.15) is 52.7 Å². The molecule has 70 heavy (non-hydrogen) atoms. The molecule has 0 aromatic heterocycles. The second-order valence-corrected chi connectivity index (χ2v) is 20.4. The van der Waals surface area contributed by atoms with Gasteiger partial charge in [-0.1, -0.05) is 224 Å². The van der Waals surface area contributed by atoms with E-state index in [-0.39, 0.29) is 23.3 Å². The fraction of sp³-hybridized carbons (Fsp3) is 0.143. The summed E-state index contributed by atoms with van der Waals surface area (Å²) >= 11 is 0. The van der Waals surface area contributed by atoms with Gasteiger partial charge in [-0.25, -0.2) is 0 Å². The van der Waals surface area contributed by atoms with Crippen LogP contribution in [-0.4, -0.2) is 13.1 Å². The first-order valence-electron chi connectivity index (χ1n) is 23.9. The van der Waals surface area contributed by atoms with Crippen molar-refractivity contribution in [1.29, 1.82) is 0 Å². The summed E-state index contributed by atoms with van der Waals surface area (Å²) in [5.74, 6) is -0.308. The molecule has 0 unspecified atom stereocenters. The fourth-order valence-electron chi connectivity index (χ4n) is 10.5. The number of halogens is 3. The molecule has 0 bridgehead atoms. The van der Waals surface area contributed by atoms with Crippen LogP contribution in [0.25, 0.3) is 44.5 Å². The van der Waals surface area contributed by atoms with Gasteiger partial charge < -0.3 is 14.5 Å². The Labute approximate surface area is 409 Å². The van der Waals surface area contributed by atoms with Gasteiger partial charge in [0.2, 0.25) is 0 Å². The van der Waals surface area contributed by atoms with Crippen molar-refractivity contribution in [2.75, 3.05) is 9.80 Å². The van der Waals surface area contributed by atoms with Gasteiger partial charge in [0.15, 0.2) is 0 Å². The maximum Gasteiger partial charge on any atom is 0.573 e. The molecule has 11 rings (SSSR count). The van der Waals surface area contributed by atoms with Crippen molar-refractivity contribution in [2.45, 2.75) is 58.7 Å². The Balaban J connectivity index is 1.34. The highest BCUT2D eigenvalue weighted by molar-refractivity contribution is 7.00. The molecule has 7 heteroatoms. The molecule has 344 valence electrons. The molecule has 3 nitrogen and oxygen atoms in total. The highest BCUT2D eigenvalue weighted by atomic mass is 19.4. The third-order valence-electron chi connectivity index (χ3n) is 13.9. The van der Waals surface area contributed by atoms with Gasteiger partial charge in [0, 0.05) is 57.1 Å². The maximum atomic E-state index is 15.1. The van der Waals surface area contributed by atoms with Crippen molar-refractivity contribution in [1.82, 2.24) is 0 Å². The van der Waals surface area contributed by atoms with Gasteiger partial charge in [0.05, 0.1) is 11.4 Å². The van der Waals surface area contributed by atoms with Crippen LogP contribution in [0.5, 0.6) is 5.75 Å². The molecule has 2 aliphatic rings. The van der Waals surface area contributed by atoms with Crippen molar-refractivity contribution >= 4 is 57.2 Å². The summed E-state index contributed by atoms with van der Waals surface area (Å²) in [4.78, 5) is 4.48. The predicted molar refractivity (Wildman–Crippen MR) is 286 cm³/mol. The first-order chi connectivity index (χ1) is 33.6. The van der Waals surface area contributed by atoms with Crippen molar-refractivity contribution < 1.29 is 17.9 Å². The molecule has 2 heterocycles. The summed E-state index contributed by atoms with van der Waals surface area (Å²) in [6.07, 6.45) is -4.98. The molecule has 9 aromatic carbocycles. The lowest BCUT2D eigenvalue weighted by atomic mass is 9.33. The number of hydrogen-bond donors (Lipinski definition) is 0. The number of alkyl halides is 3. The lowest BCUT2D eigenvalue weighted by Crippen LogP contribution is -2.61. The van der Waals surface area contributed by atoms with Crippen molar-refractivity contribution in [2.24, 2.45) is 0 Å². The van der Waals surface area contributed by atoms with Crippen LogP contribution >= 0.6 is 0 Å². The van der Waals surface area contributed by atoms with Crippen LogP contribution in [0.2, 0.25) is 0 Å². The zero-order valence-electron chi connectivity index (χ0n) is 40.1. The number of anilines is 6. The van der Waals surface area contributed by atoms with Crippen LogP contribution in [0.15, 0.2) is 206 Å². The van der Waals surface area contributed by atoms with E-state index >= 15 is 13.2 Å². The van der Waals surface area contributed by atoms with E-state index < -0.39 is 6.36 Å². The van der Waals surface area contributed by atoms with Gasteiger partial charge in [-0.15, -0.1) is 13.2 Å². The average molecular weight is 921 g/mol. The summed E-state index contributed by atoms with van der Waals surface area (Å²) in [6, 6.07) is 70.4. The Morgan fingerprint density at radius 3 is 1.00 bits per heavy atom. The van der Waals surface area contributed by atoms with Crippen molar-refractivity contribution in [3.05, 3.63) is 217 Å². The van der Waals surface area contributed by atoms with E-state index in [9.17, 15) is 0 Å². The number of fused-ring (bicyclic) bond motifs is 4. The Hall–Kier alpha value is -7.77. The molecule has 0 atom stereocenters. The minimum Gasteiger partial charge on any atom is -0.406 e. The largest absolute Gasteiger partial charge is 0.573 e. The van der Waals surface area contributed by atoms with E-state index in [0.717, 1.165) is 94.8 Å². The summed E-state index contributed by atoms with van der Waals surface area (Å²) in [5.41, 5.74) is 17.1. The van der Waals surface area contributed by atoms with E-state index in [1.54, 1.807) is 12.1 Å². The lowest BCUT2D eigenvalue weighted by Gasteiger charge is -2.46. The van der Waals surface area contributed by atoms with Gasteiger partial charge >= 0.3 is 6.36 Å². The molecule has 0 spiro atoms. The summed E-state index contributed by atoms with van der Waals surface area (Å²) in [6.45, 7) is 12.8. The molecule has 0 saturated heterocycles. The van der Waals surface area contributed by atoms with Gasteiger partial charge in [0.1, 0.15) is 5.75 Å². The van der Waals surface area contributed by atoms with Crippen LogP contribution in [0, 0.1) is 0 Å². The number of hydrogen-bond acceptors (Lipinski definition) is 3. The Morgan fingerprint density at radius 2 is 0.700 bits per heavy atom. The topological polar surface area (TPSA) is 15.7 Å². The SMILES string of the molecule is CC(C)(C)c1ccc2c(c1)N(c1c(-c3ccccc3)cccc1-c1ccccc1)c1cc(OC(F)(F)F)cc3c1B2c1ccc(C(C)(C)C)cc1N3c1c(-c2ccccc2)cccc1-c1ccccc1. The van der Waals surface area contributed by atoms with Gasteiger partial charge in [-0.05, 0) is 72.7 Å². The van der Waals surface area contributed by atoms with Crippen LogP contribution in [0.4, 0.5) is 47.3 Å². The molecule has 0 aliphatic carbocycles. The second-order valence-electron chi connectivity index (χ2n) is 20.4. The highest BCUT2D eigenvalue weighted by Gasteiger charge is 2.46. The van der Waals surface area contributed by atoms with Crippen LogP contribution in [0.3, 0.4) is 0 Å². The third kappa shape index (κ3) is 7.93. The minimum absolute atomic E-state index is 0.257. The lowest BCUT2D eigenvalue weighted by molar-refractivity contribution is -0.274. The van der Waals surface area contributed by atoms with Crippen molar-refractivity contribution in [3.8, 4) is 50.3 Å². The molecule has 9 aromatic rings. The molecule has 0 radical (unpaired) electrons. The predicted octanol–water partition coefficient (Wildman–Crippen LogP) is 15.9. The fourth-order valence-corrected chi connectivity index (χ4v) is 10.5. The number of para-hydroxylation sites is 2. The standard InChI is InChI=1S/C63H52BF3N2O/c1-61(2,3)45-33-35-52-54(37-45)68(59-48(41-21-11-7-12-22-41)29-19-30-49(59)42-23-13-8-14-24-42)56-39-47(70-63(65,66)67)40-57-58(56)64(52)53-36-34-46(62(4,5)6)38-55(53)69(57)60-50(43-25-15-9-16-26-43)31-20-32-51(60)44-27-17-10-18-28-44/h7-40H,1-6H3. The zero-order chi connectivity index (χ0) is 48.5. The van der Waals surface area contributed by atoms with E-state index in [1.807, 2.05) is 72.8 Å². The molecular weight excluding hydrogens is 869 g/mol. The Kier molecular flexibility index (Phi) is 10.9. The smallest absolute Gasteiger partial charge is 0.406 e. The zero-order valence-corrected chi connectivity index (χ0v) is 40.1. The molecule has 0 fully saturated rings. The summed E-state index contributed by atoms with van der Waals surface area (Å²) in [5, 5.41) is 0. The van der Waals surface area contributed by atoms with Crippen LogP contribution in [-0.2, 0) is 10.8 Å². The highest BCUT2D eigenvalue weighted by Crippen LogP contribution is 2.54. The average Bonchev–Trinajstić information content (AvgIpc) is 3.35. The monoisotopic (exact) mass is 920 g/mol. The minimum atomic E-state index is -4.98. The van der Waals surface area contributed by atoms with Gasteiger partial charge in [-0.3, -0.25) is 0 Å². The van der Waals surface area contributed by atoms with E-state index in [0.29, 0.717) is 11.4 Å². The van der Waals surface area contributed by atoms with E-state index in [2.05, 4.69) is 173 Å². The van der Waals surface area contributed by atoms with Crippen LogP contribution < -0.4 is 30.9 Å². The number of rotatable bonds is 7. The number of nitrogens with zero attached hydrogens (tertiary/aromatic N) is 2. The number of ether oxygens (including phenoxy) is 1. The maximum absolute atomic E-state index is 15.1. The first kappa shape index (κ1) is 44.7. The van der Waals surface area contributed by atoms with Crippen molar-refractivity contribution in [3.63, 3.8) is 0 Å².